The second-order valence-corrected chi connectivity index (χ2v) is 8.63. The van der Waals surface area contributed by atoms with E-state index in [1.54, 1.807) is 0 Å². The van der Waals surface area contributed by atoms with E-state index < -0.39 is 8.07 Å². The molecule has 0 saturated heterocycles. The second kappa shape index (κ2) is 3.87. The Labute approximate surface area is 75.6 Å². The zero-order chi connectivity index (χ0) is 9.03. The van der Waals surface area contributed by atoms with Crippen molar-refractivity contribution < 1.29 is 0 Å². The standard InChI is InChI=1S/C10H17NSi/c1-12(2,9-8-11)10-6-4-3-5-7-10/h3-7H,8-9,11H2,1-2H3. The quantitative estimate of drug-likeness (QED) is 0.700. The van der Waals surface area contributed by atoms with Crippen LogP contribution in [0.4, 0.5) is 0 Å². The molecule has 0 atom stereocenters. The van der Waals surface area contributed by atoms with E-state index in [0.29, 0.717) is 0 Å². The molecular weight excluding hydrogens is 162 g/mol. The fraction of sp³-hybridized carbons (Fsp3) is 0.400. The molecule has 0 aliphatic carbocycles. The van der Waals surface area contributed by atoms with Crippen molar-refractivity contribution in [3.63, 3.8) is 0 Å². The molecule has 1 rings (SSSR count). The van der Waals surface area contributed by atoms with Gasteiger partial charge in [0.15, 0.2) is 0 Å². The maximum absolute atomic E-state index is 5.59. The molecular formula is C10H17NSi. The Morgan fingerprint density at radius 2 is 1.75 bits per heavy atom. The Hall–Kier alpha value is -0.603. The molecule has 0 saturated carbocycles. The molecule has 0 amide bonds. The molecule has 0 aliphatic heterocycles. The van der Waals surface area contributed by atoms with Gasteiger partial charge in [0.05, 0.1) is 8.07 Å². The summed E-state index contributed by atoms with van der Waals surface area (Å²) in [4.78, 5) is 0. The average molecular weight is 179 g/mol. The highest BCUT2D eigenvalue weighted by atomic mass is 28.3. The predicted molar refractivity (Wildman–Crippen MR) is 57.4 cm³/mol. The first-order valence-corrected chi connectivity index (χ1v) is 7.63. The number of rotatable bonds is 3. The summed E-state index contributed by atoms with van der Waals surface area (Å²) in [6, 6.07) is 11.9. The van der Waals surface area contributed by atoms with E-state index in [-0.39, 0.29) is 0 Å². The first-order chi connectivity index (χ1) is 5.67. The lowest BCUT2D eigenvalue weighted by Crippen LogP contribution is -2.42. The lowest BCUT2D eigenvalue weighted by molar-refractivity contribution is 1.10. The van der Waals surface area contributed by atoms with Gasteiger partial charge in [-0.2, -0.15) is 0 Å². The van der Waals surface area contributed by atoms with Crippen molar-refractivity contribution in [2.24, 2.45) is 5.73 Å². The summed E-state index contributed by atoms with van der Waals surface area (Å²) in [5.74, 6) is 0. The highest BCUT2D eigenvalue weighted by Crippen LogP contribution is 2.07. The zero-order valence-corrected chi connectivity index (χ0v) is 8.88. The molecule has 2 N–H and O–H groups in total. The summed E-state index contributed by atoms with van der Waals surface area (Å²) in [5, 5.41) is 1.51. The van der Waals surface area contributed by atoms with Crippen molar-refractivity contribution in [3.05, 3.63) is 30.3 Å². The van der Waals surface area contributed by atoms with Gasteiger partial charge in [-0.05, 0) is 12.6 Å². The number of nitrogens with two attached hydrogens (primary N) is 1. The largest absolute Gasteiger partial charge is 0.331 e. The maximum atomic E-state index is 5.59. The lowest BCUT2D eigenvalue weighted by Gasteiger charge is -2.21. The van der Waals surface area contributed by atoms with Crippen molar-refractivity contribution >= 4 is 13.3 Å². The first-order valence-electron chi connectivity index (χ1n) is 4.42. The number of hydrogen-bond acceptors (Lipinski definition) is 1. The van der Waals surface area contributed by atoms with Crippen molar-refractivity contribution in [3.8, 4) is 0 Å². The van der Waals surface area contributed by atoms with Crippen LogP contribution < -0.4 is 10.9 Å². The van der Waals surface area contributed by atoms with E-state index in [0.717, 1.165) is 6.54 Å². The van der Waals surface area contributed by atoms with E-state index in [1.807, 2.05) is 0 Å². The molecule has 1 aromatic rings. The lowest BCUT2D eigenvalue weighted by atomic mass is 10.4. The van der Waals surface area contributed by atoms with E-state index in [9.17, 15) is 0 Å². The van der Waals surface area contributed by atoms with Gasteiger partial charge in [0.25, 0.3) is 0 Å². The molecule has 0 aromatic heterocycles. The average Bonchev–Trinajstić information content (AvgIpc) is 2.06. The van der Waals surface area contributed by atoms with Crippen LogP contribution in [0.2, 0.25) is 19.1 Å². The zero-order valence-electron chi connectivity index (χ0n) is 7.88. The fourth-order valence-electron chi connectivity index (χ4n) is 1.39. The molecule has 0 aliphatic rings. The maximum Gasteiger partial charge on any atom is 0.0818 e. The van der Waals surface area contributed by atoms with Gasteiger partial charge in [-0.25, -0.2) is 0 Å². The summed E-state index contributed by atoms with van der Waals surface area (Å²) in [7, 11) is -1.20. The Balaban J connectivity index is 2.82. The van der Waals surface area contributed by atoms with E-state index in [2.05, 4.69) is 43.4 Å². The minimum Gasteiger partial charge on any atom is -0.331 e. The van der Waals surface area contributed by atoms with Gasteiger partial charge in [0.1, 0.15) is 0 Å². The first kappa shape index (κ1) is 9.48. The van der Waals surface area contributed by atoms with Crippen molar-refractivity contribution in [1.29, 1.82) is 0 Å². The number of benzene rings is 1. The monoisotopic (exact) mass is 179 g/mol. The molecule has 0 radical (unpaired) electrons. The number of hydrogen-bond donors (Lipinski definition) is 1. The molecule has 0 spiro atoms. The molecule has 66 valence electrons. The van der Waals surface area contributed by atoms with Crippen LogP contribution >= 0.6 is 0 Å². The van der Waals surface area contributed by atoms with Crippen molar-refractivity contribution in [1.82, 2.24) is 0 Å². The molecule has 0 fully saturated rings. The van der Waals surface area contributed by atoms with E-state index >= 15 is 0 Å². The van der Waals surface area contributed by atoms with Gasteiger partial charge >= 0.3 is 0 Å². The summed E-state index contributed by atoms with van der Waals surface area (Å²) < 4.78 is 0. The molecule has 12 heavy (non-hydrogen) atoms. The normalized spacial score (nSPS) is 11.6. The van der Waals surface area contributed by atoms with Crippen molar-refractivity contribution in [2.75, 3.05) is 6.54 Å². The molecule has 1 nitrogen and oxygen atoms in total. The highest BCUT2D eigenvalue weighted by Gasteiger charge is 2.21. The van der Waals surface area contributed by atoms with Crippen LogP contribution in [0.1, 0.15) is 0 Å². The third-order valence-corrected chi connectivity index (χ3v) is 5.76. The predicted octanol–water partition coefficient (Wildman–Crippen LogP) is 1.56. The van der Waals surface area contributed by atoms with Gasteiger partial charge in [0.2, 0.25) is 0 Å². The van der Waals surface area contributed by atoms with Gasteiger partial charge in [-0.1, -0.05) is 48.6 Å². The molecule has 0 bridgehead atoms. The second-order valence-electron chi connectivity index (χ2n) is 3.79. The molecule has 2 heteroatoms. The third-order valence-electron chi connectivity index (χ3n) is 2.32. The molecule has 0 unspecified atom stereocenters. The van der Waals surface area contributed by atoms with Gasteiger partial charge < -0.3 is 5.73 Å². The topological polar surface area (TPSA) is 26.0 Å². The van der Waals surface area contributed by atoms with Crippen LogP contribution in [0.3, 0.4) is 0 Å². The minimum atomic E-state index is -1.20. The Morgan fingerprint density at radius 1 is 1.17 bits per heavy atom. The van der Waals surface area contributed by atoms with E-state index in [1.165, 1.54) is 11.2 Å². The van der Waals surface area contributed by atoms with Crippen LogP contribution in [0.5, 0.6) is 0 Å². The van der Waals surface area contributed by atoms with Crippen LogP contribution in [0.25, 0.3) is 0 Å². The van der Waals surface area contributed by atoms with Crippen molar-refractivity contribution in [2.45, 2.75) is 19.1 Å². The SMILES string of the molecule is C[Si](C)(CCN)c1ccccc1. The highest BCUT2D eigenvalue weighted by molar-refractivity contribution is 6.89. The summed E-state index contributed by atoms with van der Waals surface area (Å²) >= 11 is 0. The van der Waals surface area contributed by atoms with Crippen LogP contribution in [0.15, 0.2) is 30.3 Å². The van der Waals surface area contributed by atoms with Crippen LogP contribution in [-0.2, 0) is 0 Å². The van der Waals surface area contributed by atoms with E-state index in [4.69, 9.17) is 5.73 Å². The molecule has 0 heterocycles. The summed E-state index contributed by atoms with van der Waals surface area (Å²) in [6.45, 7) is 5.55. The Morgan fingerprint density at radius 3 is 2.25 bits per heavy atom. The fourth-order valence-corrected chi connectivity index (χ4v) is 3.50. The summed E-state index contributed by atoms with van der Waals surface area (Å²) in [5.41, 5.74) is 5.59. The molecule has 1 aromatic carbocycles. The Bertz CT molecular complexity index is 231. The van der Waals surface area contributed by atoms with Gasteiger partial charge in [-0.15, -0.1) is 0 Å². The van der Waals surface area contributed by atoms with Crippen LogP contribution in [-0.4, -0.2) is 14.6 Å². The van der Waals surface area contributed by atoms with Gasteiger partial charge in [-0.3, -0.25) is 0 Å². The van der Waals surface area contributed by atoms with Crippen LogP contribution in [0, 0.1) is 0 Å². The Kier molecular flexibility index (Phi) is 3.06. The smallest absolute Gasteiger partial charge is 0.0818 e. The third kappa shape index (κ3) is 2.19. The minimum absolute atomic E-state index is 0.814. The van der Waals surface area contributed by atoms with Gasteiger partial charge in [0, 0.05) is 0 Å². The summed E-state index contributed by atoms with van der Waals surface area (Å²) in [6.07, 6.45) is 0.